The largest absolute Gasteiger partial charge is 0.322 e. The Labute approximate surface area is 154 Å². The van der Waals surface area contributed by atoms with Gasteiger partial charge in [0.15, 0.2) is 0 Å². The summed E-state index contributed by atoms with van der Waals surface area (Å²) in [5.41, 5.74) is 0.216. The van der Waals surface area contributed by atoms with Gasteiger partial charge < -0.3 is 10.2 Å². The maximum absolute atomic E-state index is 14.0. The first-order chi connectivity index (χ1) is 11.5. The van der Waals surface area contributed by atoms with Crippen LogP contribution in [0.1, 0.15) is 41.5 Å². The standard InChI is InChI=1S/C18H20BrFN2OS/c1-12-6-9-17(24-12)16-5-3-2-4-10-22(16)18(23)21-15-8-7-13(19)11-14(15)20/h6-9,11,16H,2-5,10H2,1H3,(H,21,23)/t16-/m1/s1. The smallest absolute Gasteiger partial charge is 0.317 e. The van der Waals surface area contributed by atoms with Gasteiger partial charge in [0.1, 0.15) is 5.82 Å². The lowest BCUT2D eigenvalue weighted by Crippen LogP contribution is -2.38. The van der Waals surface area contributed by atoms with Gasteiger partial charge in [-0.25, -0.2) is 9.18 Å². The first kappa shape index (κ1) is 17.4. The van der Waals surface area contributed by atoms with Gasteiger partial charge in [0.05, 0.1) is 11.7 Å². The number of nitrogens with one attached hydrogen (secondary N) is 1. The molecular weight excluding hydrogens is 391 g/mol. The zero-order chi connectivity index (χ0) is 17.1. The van der Waals surface area contributed by atoms with Crippen LogP contribution in [0.3, 0.4) is 0 Å². The number of hydrogen-bond donors (Lipinski definition) is 1. The van der Waals surface area contributed by atoms with E-state index in [1.165, 1.54) is 15.8 Å². The van der Waals surface area contributed by atoms with Gasteiger partial charge in [0.25, 0.3) is 0 Å². The molecule has 1 aliphatic heterocycles. The molecular formula is C18H20BrFN2OS. The molecule has 6 heteroatoms. The van der Waals surface area contributed by atoms with E-state index in [4.69, 9.17) is 0 Å². The first-order valence-corrected chi connectivity index (χ1v) is 9.74. The Morgan fingerprint density at radius 3 is 2.83 bits per heavy atom. The third kappa shape index (κ3) is 3.98. The number of benzene rings is 1. The predicted octanol–water partition coefficient (Wildman–Crippen LogP) is 6.11. The second-order valence-corrected chi connectivity index (χ2v) is 8.30. The number of nitrogens with zero attached hydrogens (tertiary/aromatic N) is 1. The maximum atomic E-state index is 14.0. The van der Waals surface area contributed by atoms with Crippen LogP contribution in [0.2, 0.25) is 0 Å². The lowest BCUT2D eigenvalue weighted by atomic mass is 10.1. The second-order valence-electron chi connectivity index (χ2n) is 6.06. The fourth-order valence-corrected chi connectivity index (χ4v) is 4.42. The quantitative estimate of drug-likeness (QED) is 0.636. The Hall–Kier alpha value is -1.40. The highest BCUT2D eigenvalue weighted by atomic mass is 79.9. The summed E-state index contributed by atoms with van der Waals surface area (Å²) in [4.78, 5) is 17.1. The number of aryl methyl sites for hydroxylation is 1. The maximum Gasteiger partial charge on any atom is 0.322 e. The number of likely N-dealkylation sites (tertiary alicyclic amines) is 1. The number of urea groups is 1. The van der Waals surface area contributed by atoms with Crippen LogP contribution in [0.5, 0.6) is 0 Å². The molecule has 1 aromatic heterocycles. The van der Waals surface area contributed by atoms with Crippen molar-refractivity contribution in [3.63, 3.8) is 0 Å². The van der Waals surface area contributed by atoms with Crippen molar-refractivity contribution in [1.82, 2.24) is 4.90 Å². The lowest BCUT2D eigenvalue weighted by molar-refractivity contribution is 0.190. The molecule has 1 N–H and O–H groups in total. The second kappa shape index (κ2) is 7.66. The van der Waals surface area contributed by atoms with Crippen molar-refractivity contribution in [1.29, 1.82) is 0 Å². The van der Waals surface area contributed by atoms with Gasteiger partial charge in [0, 0.05) is 20.8 Å². The number of halogens is 2. The SMILES string of the molecule is Cc1ccc([C@H]2CCCCCN2C(=O)Nc2ccc(Br)cc2F)s1. The number of amides is 2. The summed E-state index contributed by atoms with van der Waals surface area (Å²) in [7, 11) is 0. The van der Waals surface area contributed by atoms with Crippen molar-refractivity contribution < 1.29 is 9.18 Å². The van der Waals surface area contributed by atoms with Crippen molar-refractivity contribution in [3.05, 3.63) is 50.4 Å². The van der Waals surface area contributed by atoms with Crippen molar-refractivity contribution >= 4 is 39.0 Å². The Bertz CT molecular complexity index is 734. The van der Waals surface area contributed by atoms with Gasteiger partial charge in [-0.05, 0) is 50.1 Å². The third-order valence-corrected chi connectivity index (χ3v) is 5.87. The molecule has 1 aromatic carbocycles. The Morgan fingerprint density at radius 2 is 2.12 bits per heavy atom. The summed E-state index contributed by atoms with van der Waals surface area (Å²) in [6, 6.07) is 8.71. The molecule has 0 spiro atoms. The number of carbonyl (C=O) groups is 1. The number of thiophene rings is 1. The van der Waals surface area contributed by atoms with E-state index in [9.17, 15) is 9.18 Å². The van der Waals surface area contributed by atoms with Gasteiger partial charge in [-0.3, -0.25) is 0 Å². The van der Waals surface area contributed by atoms with Crippen LogP contribution in [0, 0.1) is 12.7 Å². The number of carbonyl (C=O) groups excluding carboxylic acids is 1. The van der Waals surface area contributed by atoms with Gasteiger partial charge in [-0.15, -0.1) is 11.3 Å². The molecule has 2 heterocycles. The summed E-state index contributed by atoms with van der Waals surface area (Å²) >= 11 is 4.96. The normalized spacial score (nSPS) is 18.3. The molecule has 1 fully saturated rings. The molecule has 1 saturated heterocycles. The number of hydrogen-bond acceptors (Lipinski definition) is 2. The molecule has 0 unspecified atom stereocenters. The first-order valence-electron chi connectivity index (χ1n) is 8.13. The third-order valence-electron chi connectivity index (χ3n) is 4.28. The Morgan fingerprint density at radius 1 is 1.29 bits per heavy atom. The highest BCUT2D eigenvalue weighted by molar-refractivity contribution is 9.10. The number of anilines is 1. The van der Waals surface area contributed by atoms with Crippen molar-refractivity contribution in [2.24, 2.45) is 0 Å². The fourth-order valence-electron chi connectivity index (χ4n) is 3.06. The van der Waals surface area contributed by atoms with Crippen molar-refractivity contribution in [2.45, 2.75) is 38.6 Å². The van der Waals surface area contributed by atoms with Crippen LogP contribution >= 0.6 is 27.3 Å². The average Bonchev–Trinajstić information content (AvgIpc) is 2.83. The van der Waals surface area contributed by atoms with Crippen LogP contribution in [0.4, 0.5) is 14.9 Å². The molecule has 3 nitrogen and oxygen atoms in total. The summed E-state index contributed by atoms with van der Waals surface area (Å²) in [6.07, 6.45) is 4.17. The van der Waals surface area contributed by atoms with E-state index in [2.05, 4.69) is 40.3 Å². The molecule has 2 amide bonds. The molecule has 3 rings (SSSR count). The molecule has 0 bridgehead atoms. The van der Waals surface area contributed by atoms with E-state index in [0.29, 0.717) is 11.0 Å². The Kier molecular flexibility index (Phi) is 5.56. The topological polar surface area (TPSA) is 32.3 Å². The monoisotopic (exact) mass is 410 g/mol. The number of rotatable bonds is 2. The van der Waals surface area contributed by atoms with Gasteiger partial charge >= 0.3 is 6.03 Å². The minimum absolute atomic E-state index is 0.0738. The van der Waals surface area contributed by atoms with E-state index < -0.39 is 5.82 Å². The van der Waals surface area contributed by atoms with Crippen LogP contribution in [0.25, 0.3) is 0 Å². The zero-order valence-corrected chi connectivity index (χ0v) is 15.9. The van der Waals surface area contributed by atoms with Crippen molar-refractivity contribution in [2.75, 3.05) is 11.9 Å². The fraction of sp³-hybridized carbons (Fsp3) is 0.389. The average molecular weight is 411 g/mol. The van der Waals surface area contributed by atoms with Crippen LogP contribution in [0.15, 0.2) is 34.8 Å². The van der Waals surface area contributed by atoms with E-state index in [1.807, 2.05) is 4.90 Å². The summed E-state index contributed by atoms with van der Waals surface area (Å²) in [5, 5.41) is 2.74. The highest BCUT2D eigenvalue weighted by Crippen LogP contribution is 2.34. The van der Waals surface area contributed by atoms with Crippen LogP contribution in [-0.2, 0) is 0 Å². The molecule has 24 heavy (non-hydrogen) atoms. The van der Waals surface area contributed by atoms with Crippen LogP contribution in [-0.4, -0.2) is 17.5 Å². The Balaban J connectivity index is 1.81. The minimum atomic E-state index is -0.434. The van der Waals surface area contributed by atoms with Gasteiger partial charge in [0.2, 0.25) is 0 Å². The molecule has 1 atom stereocenters. The molecule has 2 aromatic rings. The van der Waals surface area contributed by atoms with Crippen molar-refractivity contribution in [3.8, 4) is 0 Å². The van der Waals surface area contributed by atoms with E-state index >= 15 is 0 Å². The van der Waals surface area contributed by atoms with Gasteiger partial charge in [-0.1, -0.05) is 28.8 Å². The minimum Gasteiger partial charge on any atom is -0.317 e. The molecule has 0 aliphatic carbocycles. The molecule has 128 valence electrons. The highest BCUT2D eigenvalue weighted by Gasteiger charge is 2.28. The molecule has 0 saturated carbocycles. The summed E-state index contributed by atoms with van der Waals surface area (Å²) < 4.78 is 14.7. The lowest BCUT2D eigenvalue weighted by Gasteiger charge is -2.29. The van der Waals surface area contributed by atoms with E-state index in [1.54, 1.807) is 23.5 Å². The van der Waals surface area contributed by atoms with E-state index in [0.717, 1.165) is 25.7 Å². The summed E-state index contributed by atoms with van der Waals surface area (Å²) in [6.45, 7) is 2.78. The van der Waals surface area contributed by atoms with Crippen LogP contribution < -0.4 is 5.32 Å². The molecule has 1 aliphatic rings. The molecule has 0 radical (unpaired) electrons. The van der Waals surface area contributed by atoms with Gasteiger partial charge in [-0.2, -0.15) is 0 Å². The van der Waals surface area contributed by atoms with E-state index in [-0.39, 0.29) is 17.8 Å². The zero-order valence-electron chi connectivity index (χ0n) is 13.5. The predicted molar refractivity (Wildman–Crippen MR) is 100 cm³/mol. The summed E-state index contributed by atoms with van der Waals surface area (Å²) in [5.74, 6) is -0.434.